The van der Waals surface area contributed by atoms with Crippen LogP contribution in [0.1, 0.15) is 47.7 Å². The van der Waals surface area contributed by atoms with Gasteiger partial charge in [-0.2, -0.15) is 5.10 Å². The average Bonchev–Trinajstić information content (AvgIpc) is 3.48. The van der Waals surface area contributed by atoms with Gasteiger partial charge in [0.25, 0.3) is 5.91 Å². The van der Waals surface area contributed by atoms with E-state index in [1.165, 1.54) is 0 Å². The molecule has 2 saturated heterocycles. The Morgan fingerprint density at radius 2 is 1.94 bits per heavy atom. The number of carbonyl (C=O) groups is 3. The lowest BCUT2D eigenvalue weighted by atomic mass is 9.93. The molecule has 0 aliphatic carbocycles. The van der Waals surface area contributed by atoms with Gasteiger partial charge in [-0.25, -0.2) is 4.98 Å². The van der Waals surface area contributed by atoms with Gasteiger partial charge in [0.15, 0.2) is 0 Å². The van der Waals surface area contributed by atoms with Crippen LogP contribution in [0.5, 0.6) is 5.75 Å². The minimum atomic E-state index is -0.461. The molecule has 0 saturated carbocycles. The molecule has 10 heteroatoms. The number of carbonyl (C=O) groups excluding carboxylic acids is 3. The van der Waals surface area contributed by atoms with Crippen LogP contribution in [-0.2, 0) is 16.6 Å². The van der Waals surface area contributed by atoms with Crippen LogP contribution in [0.4, 0.5) is 0 Å². The van der Waals surface area contributed by atoms with Crippen LogP contribution in [0, 0.1) is 0 Å². The molecule has 5 heterocycles. The van der Waals surface area contributed by atoms with E-state index in [0.29, 0.717) is 55.8 Å². The lowest BCUT2D eigenvalue weighted by molar-refractivity contribution is -0.134. The largest absolute Gasteiger partial charge is 0.488 e. The summed E-state index contributed by atoms with van der Waals surface area (Å²) in [4.78, 5) is 43.2. The second kappa shape index (κ2) is 8.78. The third kappa shape index (κ3) is 3.88. The number of nitrogens with zero attached hydrogens (tertiary/aromatic N) is 5. The highest BCUT2D eigenvalue weighted by Gasteiger charge is 2.32. The van der Waals surface area contributed by atoms with E-state index in [1.807, 2.05) is 59.1 Å². The van der Waals surface area contributed by atoms with E-state index < -0.39 is 5.92 Å². The molecule has 4 aromatic rings. The van der Waals surface area contributed by atoms with Crippen molar-refractivity contribution in [2.24, 2.45) is 7.05 Å². The average molecular weight is 487 g/mol. The minimum absolute atomic E-state index is 0.00617. The predicted octanol–water partition coefficient (Wildman–Crippen LogP) is 2.42. The van der Waals surface area contributed by atoms with Gasteiger partial charge in [-0.05, 0) is 24.6 Å². The molecule has 1 unspecified atom stereocenters. The van der Waals surface area contributed by atoms with E-state index >= 15 is 0 Å². The summed E-state index contributed by atoms with van der Waals surface area (Å²) < 4.78 is 10.0. The number of aromatic nitrogens is 4. The number of amides is 3. The second-order valence-electron chi connectivity index (χ2n) is 9.38. The fourth-order valence-corrected chi connectivity index (χ4v) is 5.22. The Labute approximate surface area is 206 Å². The molecule has 0 bridgehead atoms. The number of hydrogen-bond acceptors (Lipinski definition) is 6. The van der Waals surface area contributed by atoms with Crippen molar-refractivity contribution in [2.75, 3.05) is 13.1 Å². The van der Waals surface area contributed by atoms with Crippen LogP contribution in [0.15, 0.2) is 48.9 Å². The van der Waals surface area contributed by atoms with Crippen molar-refractivity contribution in [3.05, 3.63) is 60.2 Å². The van der Waals surface area contributed by atoms with Crippen LogP contribution < -0.4 is 10.1 Å². The minimum Gasteiger partial charge on any atom is -0.488 e. The molecular formula is C26H26N6O4. The Bertz CT molecular complexity index is 1500. The first-order chi connectivity index (χ1) is 17.5. The number of piperidine rings is 2. The number of hydrogen-bond donors (Lipinski definition) is 1. The number of imide groups is 1. The lowest BCUT2D eigenvalue weighted by Gasteiger charge is -2.32. The fourth-order valence-electron chi connectivity index (χ4n) is 5.22. The molecule has 2 aliphatic heterocycles. The first kappa shape index (κ1) is 22.3. The lowest BCUT2D eigenvalue weighted by Crippen LogP contribution is -2.41. The third-order valence-electron chi connectivity index (χ3n) is 7.08. The van der Waals surface area contributed by atoms with Gasteiger partial charge >= 0.3 is 0 Å². The van der Waals surface area contributed by atoms with Gasteiger partial charge in [-0.3, -0.25) is 24.4 Å². The summed E-state index contributed by atoms with van der Waals surface area (Å²) in [5.41, 5.74) is 2.94. The monoisotopic (exact) mass is 486 g/mol. The summed E-state index contributed by atoms with van der Waals surface area (Å²) in [6.07, 6.45) is 7.50. The van der Waals surface area contributed by atoms with Crippen LogP contribution in [0.2, 0.25) is 0 Å². The molecule has 3 amide bonds. The second-order valence-corrected chi connectivity index (χ2v) is 9.38. The molecule has 0 radical (unpaired) electrons. The van der Waals surface area contributed by atoms with Crippen LogP contribution >= 0.6 is 0 Å². The van der Waals surface area contributed by atoms with Crippen LogP contribution in [-0.4, -0.2) is 61.0 Å². The van der Waals surface area contributed by atoms with E-state index in [9.17, 15) is 14.4 Å². The SMILES string of the molecule is Cn1nc(C2CCC(=O)NC2=O)c2cccc(OC3CCN(C(=O)c4ccc5nccn5c4)CC3)c21. The molecule has 6 rings (SSSR count). The predicted molar refractivity (Wildman–Crippen MR) is 131 cm³/mol. The number of nitrogens with one attached hydrogen (secondary N) is 1. The molecule has 10 nitrogen and oxygen atoms in total. The quantitative estimate of drug-likeness (QED) is 0.444. The van der Waals surface area contributed by atoms with Gasteiger partial charge in [0.1, 0.15) is 23.0 Å². The van der Waals surface area contributed by atoms with Crippen LogP contribution in [0.25, 0.3) is 16.6 Å². The summed E-state index contributed by atoms with van der Waals surface area (Å²) >= 11 is 0. The van der Waals surface area contributed by atoms with E-state index in [0.717, 1.165) is 16.6 Å². The van der Waals surface area contributed by atoms with Gasteiger partial charge in [0.05, 0.1) is 17.2 Å². The number of imidazole rings is 1. The number of likely N-dealkylation sites (tertiary alicyclic amines) is 1. The molecule has 1 N–H and O–H groups in total. The summed E-state index contributed by atoms with van der Waals surface area (Å²) in [6, 6.07) is 9.42. The van der Waals surface area contributed by atoms with Gasteiger partial charge in [0, 0.05) is 63.4 Å². The summed E-state index contributed by atoms with van der Waals surface area (Å²) in [6.45, 7) is 1.21. The highest BCUT2D eigenvalue weighted by Crippen LogP contribution is 2.35. The first-order valence-corrected chi connectivity index (χ1v) is 12.2. The standard InChI is InChI=1S/C26H26N6O4/c1-30-24-18(23(29-30)19-6-8-22(33)28-25(19)34)3-2-4-20(24)36-17-9-12-31(13-10-17)26(35)16-5-7-21-27-11-14-32(21)15-16/h2-5,7,11,14-15,17,19H,6,8-10,12-13H2,1H3,(H,28,33,34). The maximum Gasteiger partial charge on any atom is 0.255 e. The first-order valence-electron chi connectivity index (χ1n) is 12.2. The topological polar surface area (TPSA) is 111 Å². The maximum absolute atomic E-state index is 13.0. The van der Waals surface area contributed by atoms with Gasteiger partial charge in [-0.1, -0.05) is 12.1 Å². The van der Waals surface area contributed by atoms with Gasteiger partial charge in [-0.15, -0.1) is 0 Å². The summed E-state index contributed by atoms with van der Waals surface area (Å²) in [5.74, 6) is -0.296. The maximum atomic E-state index is 13.0. The number of ether oxygens (including phenoxy) is 1. The zero-order valence-corrected chi connectivity index (χ0v) is 19.9. The Hall–Kier alpha value is -4.21. The molecule has 0 spiro atoms. The van der Waals surface area contributed by atoms with E-state index in [4.69, 9.17) is 4.74 Å². The van der Waals surface area contributed by atoms with E-state index in [-0.39, 0.29) is 23.8 Å². The van der Waals surface area contributed by atoms with Gasteiger partial charge < -0.3 is 14.0 Å². The smallest absolute Gasteiger partial charge is 0.255 e. The molecule has 184 valence electrons. The number of benzene rings is 1. The summed E-state index contributed by atoms with van der Waals surface area (Å²) in [5, 5.41) is 7.91. The van der Waals surface area contributed by atoms with Crippen molar-refractivity contribution in [2.45, 2.75) is 37.7 Å². The number of rotatable bonds is 4. The van der Waals surface area contributed by atoms with Crippen molar-refractivity contribution >= 4 is 34.3 Å². The summed E-state index contributed by atoms with van der Waals surface area (Å²) in [7, 11) is 1.84. The zero-order valence-electron chi connectivity index (χ0n) is 19.9. The Kier molecular flexibility index (Phi) is 5.43. The van der Waals surface area contributed by atoms with Crippen molar-refractivity contribution < 1.29 is 19.1 Å². The molecular weight excluding hydrogens is 460 g/mol. The Balaban J connectivity index is 1.16. The molecule has 36 heavy (non-hydrogen) atoms. The van der Waals surface area contributed by atoms with Crippen LogP contribution in [0.3, 0.4) is 0 Å². The third-order valence-corrected chi connectivity index (χ3v) is 7.08. The highest BCUT2D eigenvalue weighted by atomic mass is 16.5. The van der Waals surface area contributed by atoms with E-state index in [2.05, 4.69) is 15.4 Å². The van der Waals surface area contributed by atoms with Gasteiger partial charge in [0.2, 0.25) is 11.8 Å². The normalized spacial score (nSPS) is 19.1. The number of para-hydroxylation sites is 1. The molecule has 3 aromatic heterocycles. The van der Waals surface area contributed by atoms with Crippen molar-refractivity contribution in [1.29, 1.82) is 0 Å². The highest BCUT2D eigenvalue weighted by molar-refractivity contribution is 6.03. The molecule has 1 aromatic carbocycles. The number of aryl methyl sites for hydroxylation is 1. The molecule has 2 fully saturated rings. The molecule has 2 aliphatic rings. The number of pyridine rings is 1. The Morgan fingerprint density at radius 1 is 1.11 bits per heavy atom. The van der Waals surface area contributed by atoms with Crippen molar-refractivity contribution in [3.63, 3.8) is 0 Å². The Morgan fingerprint density at radius 3 is 2.75 bits per heavy atom. The van der Waals surface area contributed by atoms with Crippen molar-refractivity contribution in [1.82, 2.24) is 29.4 Å². The van der Waals surface area contributed by atoms with E-state index in [1.54, 1.807) is 10.9 Å². The molecule has 1 atom stereocenters. The zero-order chi connectivity index (χ0) is 24.8. The number of fused-ring (bicyclic) bond motifs is 2. The fraction of sp³-hybridized carbons (Fsp3) is 0.346. The van der Waals surface area contributed by atoms with Crippen molar-refractivity contribution in [3.8, 4) is 5.75 Å².